The van der Waals surface area contributed by atoms with E-state index in [2.05, 4.69) is 9.88 Å². The second-order valence-corrected chi connectivity index (χ2v) is 6.11. The molecule has 3 rings (SSSR count). The quantitative estimate of drug-likeness (QED) is 0.909. The lowest BCUT2D eigenvalue weighted by Crippen LogP contribution is -2.36. The van der Waals surface area contributed by atoms with Crippen molar-refractivity contribution in [2.45, 2.75) is 19.3 Å². The first-order chi connectivity index (χ1) is 11.6. The number of piperidine rings is 1. The summed E-state index contributed by atoms with van der Waals surface area (Å²) in [6.07, 6.45) is 3.96. The zero-order valence-corrected chi connectivity index (χ0v) is 14.0. The van der Waals surface area contributed by atoms with Crippen LogP contribution < -0.4 is 14.4 Å². The minimum atomic E-state index is -0.729. The Balaban J connectivity index is 1.98. The number of carbonyl (C=O) groups is 1. The van der Waals surface area contributed by atoms with Gasteiger partial charge in [-0.15, -0.1) is 0 Å². The monoisotopic (exact) mass is 330 g/mol. The van der Waals surface area contributed by atoms with Crippen molar-refractivity contribution < 1.29 is 19.4 Å². The smallest absolute Gasteiger partial charge is 0.303 e. The van der Waals surface area contributed by atoms with Gasteiger partial charge >= 0.3 is 5.97 Å². The average molecular weight is 330 g/mol. The van der Waals surface area contributed by atoms with Gasteiger partial charge in [-0.05, 0) is 30.9 Å². The molecule has 1 aliphatic heterocycles. The SMILES string of the molecule is COc1cc2nccc(N3CCCC(CC(=O)O)C3)c2cc1OC. The largest absolute Gasteiger partial charge is 0.493 e. The van der Waals surface area contributed by atoms with Gasteiger partial charge in [0, 0.05) is 42.8 Å². The number of carboxylic acid groups (broad SMARTS) is 1. The number of anilines is 1. The summed E-state index contributed by atoms with van der Waals surface area (Å²) in [4.78, 5) is 17.7. The van der Waals surface area contributed by atoms with E-state index in [1.165, 1.54) is 0 Å². The van der Waals surface area contributed by atoms with Gasteiger partial charge in [-0.25, -0.2) is 0 Å². The Labute approximate surface area is 141 Å². The van der Waals surface area contributed by atoms with Crippen molar-refractivity contribution in [2.75, 3.05) is 32.2 Å². The number of carboxylic acids is 1. The molecular formula is C18H22N2O4. The summed E-state index contributed by atoms with van der Waals surface area (Å²) in [5.41, 5.74) is 1.90. The van der Waals surface area contributed by atoms with E-state index in [4.69, 9.17) is 14.6 Å². The van der Waals surface area contributed by atoms with E-state index in [-0.39, 0.29) is 12.3 Å². The van der Waals surface area contributed by atoms with Crippen molar-refractivity contribution >= 4 is 22.6 Å². The third-order valence-corrected chi connectivity index (χ3v) is 4.55. The number of benzene rings is 1. The molecule has 1 atom stereocenters. The standard InChI is InChI=1S/C18H22N2O4/c1-23-16-9-13-14(10-17(16)24-2)19-6-5-15(13)20-7-3-4-12(11-20)8-18(21)22/h5-6,9-10,12H,3-4,7-8,11H2,1-2H3,(H,21,22). The van der Waals surface area contributed by atoms with Gasteiger partial charge in [0.25, 0.3) is 0 Å². The summed E-state index contributed by atoms with van der Waals surface area (Å²) in [5.74, 6) is 0.767. The molecule has 6 nitrogen and oxygen atoms in total. The Morgan fingerprint density at radius 2 is 2.08 bits per heavy atom. The lowest BCUT2D eigenvalue weighted by atomic mass is 9.94. The first kappa shape index (κ1) is 16.4. The molecule has 1 N–H and O–H groups in total. The average Bonchev–Trinajstić information content (AvgIpc) is 2.59. The van der Waals surface area contributed by atoms with Crippen molar-refractivity contribution in [3.05, 3.63) is 24.4 Å². The van der Waals surface area contributed by atoms with Gasteiger partial charge in [-0.3, -0.25) is 9.78 Å². The first-order valence-electron chi connectivity index (χ1n) is 8.10. The van der Waals surface area contributed by atoms with Crippen LogP contribution >= 0.6 is 0 Å². The van der Waals surface area contributed by atoms with E-state index in [0.717, 1.165) is 42.5 Å². The lowest BCUT2D eigenvalue weighted by molar-refractivity contribution is -0.138. The minimum Gasteiger partial charge on any atom is -0.493 e. The van der Waals surface area contributed by atoms with Crippen molar-refractivity contribution in [2.24, 2.45) is 5.92 Å². The number of hydrogen-bond donors (Lipinski definition) is 1. The highest BCUT2D eigenvalue weighted by atomic mass is 16.5. The molecular weight excluding hydrogens is 308 g/mol. The lowest BCUT2D eigenvalue weighted by Gasteiger charge is -2.34. The molecule has 1 aromatic heterocycles. The van der Waals surface area contributed by atoms with Crippen molar-refractivity contribution in [3.8, 4) is 11.5 Å². The van der Waals surface area contributed by atoms with Crippen LogP contribution in [0.5, 0.6) is 11.5 Å². The van der Waals surface area contributed by atoms with E-state index in [1.54, 1.807) is 20.4 Å². The Morgan fingerprint density at radius 3 is 2.79 bits per heavy atom. The molecule has 1 unspecified atom stereocenters. The molecule has 2 aromatic rings. The number of nitrogens with zero attached hydrogens (tertiary/aromatic N) is 2. The van der Waals surface area contributed by atoms with Crippen molar-refractivity contribution in [3.63, 3.8) is 0 Å². The van der Waals surface area contributed by atoms with E-state index in [1.807, 2.05) is 18.2 Å². The summed E-state index contributed by atoms with van der Waals surface area (Å²) in [7, 11) is 3.22. The van der Waals surface area contributed by atoms with Crippen LogP contribution in [0.15, 0.2) is 24.4 Å². The summed E-state index contributed by atoms with van der Waals surface area (Å²) >= 11 is 0. The van der Waals surface area contributed by atoms with Crippen molar-refractivity contribution in [1.82, 2.24) is 4.98 Å². The predicted molar refractivity (Wildman–Crippen MR) is 92.0 cm³/mol. The van der Waals surface area contributed by atoms with Crippen LogP contribution in [0.4, 0.5) is 5.69 Å². The van der Waals surface area contributed by atoms with Gasteiger partial charge in [0.15, 0.2) is 11.5 Å². The van der Waals surface area contributed by atoms with Crippen LogP contribution in [0.2, 0.25) is 0 Å². The van der Waals surface area contributed by atoms with E-state index >= 15 is 0 Å². The van der Waals surface area contributed by atoms with Crippen LogP contribution in [0.25, 0.3) is 10.9 Å². The highest BCUT2D eigenvalue weighted by molar-refractivity contribution is 5.94. The maximum atomic E-state index is 11.0. The molecule has 0 aliphatic carbocycles. The number of rotatable bonds is 5. The van der Waals surface area contributed by atoms with E-state index in [0.29, 0.717) is 11.5 Å². The van der Waals surface area contributed by atoms with Crippen LogP contribution in [0, 0.1) is 5.92 Å². The molecule has 128 valence electrons. The number of ether oxygens (including phenoxy) is 2. The highest BCUT2D eigenvalue weighted by Crippen LogP contribution is 2.37. The van der Waals surface area contributed by atoms with Crippen LogP contribution in [0.1, 0.15) is 19.3 Å². The number of hydrogen-bond acceptors (Lipinski definition) is 5. The molecule has 0 bridgehead atoms. The Bertz CT molecular complexity index is 747. The van der Waals surface area contributed by atoms with Gasteiger partial charge in [-0.1, -0.05) is 0 Å². The molecule has 0 spiro atoms. The zero-order valence-electron chi connectivity index (χ0n) is 14.0. The molecule has 1 aliphatic rings. The van der Waals surface area contributed by atoms with Crippen LogP contribution in [0.3, 0.4) is 0 Å². The summed E-state index contributed by atoms with van der Waals surface area (Å²) < 4.78 is 10.8. The third-order valence-electron chi connectivity index (χ3n) is 4.55. The molecule has 2 heterocycles. The number of methoxy groups -OCH3 is 2. The fraction of sp³-hybridized carbons (Fsp3) is 0.444. The van der Waals surface area contributed by atoms with Gasteiger partial charge in [0.1, 0.15) is 0 Å². The number of pyridine rings is 1. The fourth-order valence-electron chi connectivity index (χ4n) is 3.43. The number of aromatic nitrogens is 1. The molecule has 6 heteroatoms. The zero-order chi connectivity index (χ0) is 17.1. The van der Waals surface area contributed by atoms with E-state index < -0.39 is 5.97 Å². The molecule has 0 amide bonds. The molecule has 0 radical (unpaired) electrons. The predicted octanol–water partition coefficient (Wildman–Crippen LogP) is 2.94. The second kappa shape index (κ2) is 6.95. The molecule has 1 aromatic carbocycles. The highest BCUT2D eigenvalue weighted by Gasteiger charge is 2.24. The number of aliphatic carboxylic acids is 1. The third kappa shape index (κ3) is 3.22. The summed E-state index contributed by atoms with van der Waals surface area (Å²) in [6.45, 7) is 1.67. The molecule has 24 heavy (non-hydrogen) atoms. The minimum absolute atomic E-state index is 0.180. The molecule has 0 saturated carbocycles. The van der Waals surface area contributed by atoms with Crippen LogP contribution in [-0.4, -0.2) is 43.4 Å². The van der Waals surface area contributed by atoms with Gasteiger partial charge < -0.3 is 19.5 Å². The summed E-state index contributed by atoms with van der Waals surface area (Å²) in [5, 5.41) is 10.1. The fourth-order valence-corrected chi connectivity index (χ4v) is 3.43. The Hall–Kier alpha value is -2.50. The Kier molecular flexibility index (Phi) is 4.74. The van der Waals surface area contributed by atoms with Crippen molar-refractivity contribution in [1.29, 1.82) is 0 Å². The maximum absolute atomic E-state index is 11.0. The Morgan fingerprint density at radius 1 is 1.33 bits per heavy atom. The topological polar surface area (TPSA) is 71.9 Å². The van der Waals surface area contributed by atoms with Gasteiger partial charge in [-0.2, -0.15) is 0 Å². The second-order valence-electron chi connectivity index (χ2n) is 6.11. The molecule has 1 saturated heterocycles. The summed E-state index contributed by atoms with van der Waals surface area (Å²) in [6, 6.07) is 5.80. The van der Waals surface area contributed by atoms with Crippen LogP contribution in [-0.2, 0) is 4.79 Å². The van der Waals surface area contributed by atoms with E-state index in [9.17, 15) is 4.79 Å². The maximum Gasteiger partial charge on any atom is 0.303 e. The normalized spacial score (nSPS) is 17.8. The molecule has 1 fully saturated rings. The first-order valence-corrected chi connectivity index (χ1v) is 8.10. The van der Waals surface area contributed by atoms with Gasteiger partial charge in [0.05, 0.1) is 19.7 Å². The number of fused-ring (bicyclic) bond motifs is 1. The van der Waals surface area contributed by atoms with Gasteiger partial charge in [0.2, 0.25) is 0 Å².